The molecule has 0 aliphatic carbocycles. The van der Waals surface area contributed by atoms with Crippen molar-refractivity contribution in [3.63, 3.8) is 0 Å². The predicted octanol–water partition coefficient (Wildman–Crippen LogP) is 2.35. The summed E-state index contributed by atoms with van der Waals surface area (Å²) >= 11 is 0. The van der Waals surface area contributed by atoms with E-state index in [0.29, 0.717) is 5.56 Å². The van der Waals surface area contributed by atoms with Gasteiger partial charge in [-0.3, -0.25) is 0 Å². The second kappa shape index (κ2) is 4.00. The Morgan fingerprint density at radius 3 is 2.94 bits per heavy atom. The molecule has 0 fully saturated rings. The van der Waals surface area contributed by atoms with Crippen LogP contribution < -0.4 is 4.74 Å². The van der Waals surface area contributed by atoms with E-state index in [1.807, 2.05) is 13.0 Å². The van der Waals surface area contributed by atoms with Crippen LogP contribution in [0.2, 0.25) is 0 Å². The van der Waals surface area contributed by atoms with Crippen molar-refractivity contribution in [2.24, 2.45) is 0 Å². The minimum Gasteiger partial charge on any atom is -0.485 e. The van der Waals surface area contributed by atoms with Crippen LogP contribution in [0.4, 0.5) is 0 Å². The van der Waals surface area contributed by atoms with Gasteiger partial charge in [-0.15, -0.1) is 0 Å². The third-order valence-electron chi connectivity index (χ3n) is 2.71. The van der Waals surface area contributed by atoms with Crippen molar-refractivity contribution in [1.29, 1.82) is 0 Å². The Labute approximate surface area is 94.7 Å². The van der Waals surface area contributed by atoms with Crippen molar-refractivity contribution in [2.45, 2.75) is 19.4 Å². The molecule has 0 aromatic heterocycles. The Balaban J connectivity index is 2.27. The van der Waals surface area contributed by atoms with Crippen molar-refractivity contribution in [1.82, 2.24) is 0 Å². The molecule has 84 valence electrons. The number of fused-ring (bicyclic) bond motifs is 1. The zero-order valence-electron chi connectivity index (χ0n) is 9.45. The minimum atomic E-state index is -0.342. The SMILES string of the molecule is C=C(C)C1Cc2ccc(C(=O)OC)cc2O1. The van der Waals surface area contributed by atoms with E-state index in [9.17, 15) is 4.79 Å². The quantitative estimate of drug-likeness (QED) is 0.564. The molecule has 0 saturated carbocycles. The molecule has 1 aliphatic heterocycles. The van der Waals surface area contributed by atoms with Crippen molar-refractivity contribution in [3.05, 3.63) is 41.5 Å². The van der Waals surface area contributed by atoms with Crippen molar-refractivity contribution in [3.8, 4) is 5.75 Å². The Morgan fingerprint density at radius 2 is 2.31 bits per heavy atom. The van der Waals surface area contributed by atoms with Crippen LogP contribution in [-0.4, -0.2) is 19.2 Å². The van der Waals surface area contributed by atoms with E-state index in [1.54, 1.807) is 12.1 Å². The molecule has 0 saturated heterocycles. The van der Waals surface area contributed by atoms with Gasteiger partial charge in [0.1, 0.15) is 11.9 Å². The van der Waals surface area contributed by atoms with Gasteiger partial charge < -0.3 is 9.47 Å². The molecule has 0 spiro atoms. The monoisotopic (exact) mass is 218 g/mol. The van der Waals surface area contributed by atoms with E-state index < -0.39 is 0 Å². The van der Waals surface area contributed by atoms with Gasteiger partial charge in [0.05, 0.1) is 12.7 Å². The smallest absolute Gasteiger partial charge is 0.337 e. The van der Waals surface area contributed by atoms with Crippen LogP contribution in [0.3, 0.4) is 0 Å². The molecular formula is C13H14O3. The zero-order chi connectivity index (χ0) is 11.7. The molecular weight excluding hydrogens is 204 g/mol. The molecule has 1 aromatic rings. The van der Waals surface area contributed by atoms with Crippen LogP contribution in [0.1, 0.15) is 22.8 Å². The fourth-order valence-electron chi connectivity index (χ4n) is 1.75. The summed E-state index contributed by atoms with van der Waals surface area (Å²) in [4.78, 5) is 11.3. The topological polar surface area (TPSA) is 35.5 Å². The molecule has 16 heavy (non-hydrogen) atoms. The summed E-state index contributed by atoms with van der Waals surface area (Å²) in [6.07, 6.45) is 0.856. The number of hydrogen-bond acceptors (Lipinski definition) is 3. The second-order valence-electron chi connectivity index (χ2n) is 3.97. The number of carbonyl (C=O) groups is 1. The van der Waals surface area contributed by atoms with Gasteiger partial charge in [0.2, 0.25) is 0 Å². The molecule has 2 rings (SSSR count). The lowest BCUT2D eigenvalue weighted by molar-refractivity contribution is 0.0600. The van der Waals surface area contributed by atoms with Crippen molar-refractivity contribution < 1.29 is 14.3 Å². The highest BCUT2D eigenvalue weighted by Gasteiger charge is 2.24. The molecule has 1 aliphatic rings. The van der Waals surface area contributed by atoms with E-state index in [0.717, 1.165) is 23.3 Å². The Morgan fingerprint density at radius 1 is 1.56 bits per heavy atom. The van der Waals surface area contributed by atoms with Crippen molar-refractivity contribution in [2.75, 3.05) is 7.11 Å². The van der Waals surface area contributed by atoms with Gasteiger partial charge in [-0.05, 0) is 30.2 Å². The summed E-state index contributed by atoms with van der Waals surface area (Å²) in [6.45, 7) is 5.82. The first-order valence-electron chi connectivity index (χ1n) is 5.15. The number of hydrogen-bond donors (Lipinski definition) is 0. The summed E-state index contributed by atoms with van der Waals surface area (Å²) < 4.78 is 10.4. The van der Waals surface area contributed by atoms with Gasteiger partial charge >= 0.3 is 5.97 Å². The summed E-state index contributed by atoms with van der Waals surface area (Å²) in [5.74, 6) is 0.418. The standard InChI is InChI=1S/C13H14O3/c1-8(2)11-6-9-4-5-10(13(14)15-3)7-12(9)16-11/h4-5,7,11H,1,6H2,2-3H3. The first kappa shape index (κ1) is 10.7. The summed E-state index contributed by atoms with van der Waals surface area (Å²) in [5, 5.41) is 0. The first-order valence-corrected chi connectivity index (χ1v) is 5.15. The number of methoxy groups -OCH3 is 1. The number of carbonyl (C=O) groups excluding carboxylic acids is 1. The van der Waals surface area contributed by atoms with Gasteiger partial charge in [0, 0.05) is 6.42 Å². The molecule has 1 unspecified atom stereocenters. The summed E-state index contributed by atoms with van der Waals surface area (Å²) in [6, 6.07) is 5.39. The second-order valence-corrected chi connectivity index (χ2v) is 3.97. The summed E-state index contributed by atoms with van der Waals surface area (Å²) in [7, 11) is 1.37. The molecule has 1 aromatic carbocycles. The normalized spacial score (nSPS) is 17.5. The lowest BCUT2D eigenvalue weighted by atomic mass is 10.0. The third-order valence-corrected chi connectivity index (χ3v) is 2.71. The number of esters is 1. The van der Waals surface area contributed by atoms with E-state index in [1.165, 1.54) is 7.11 Å². The Hall–Kier alpha value is -1.77. The van der Waals surface area contributed by atoms with Gasteiger partial charge in [0.25, 0.3) is 0 Å². The highest BCUT2D eigenvalue weighted by Crippen LogP contribution is 2.32. The van der Waals surface area contributed by atoms with Crippen LogP contribution in [-0.2, 0) is 11.2 Å². The predicted molar refractivity (Wildman–Crippen MR) is 60.7 cm³/mol. The van der Waals surface area contributed by atoms with Crippen LogP contribution in [0.25, 0.3) is 0 Å². The van der Waals surface area contributed by atoms with Gasteiger partial charge in [-0.25, -0.2) is 4.79 Å². The number of ether oxygens (including phenoxy) is 2. The van der Waals surface area contributed by atoms with E-state index in [2.05, 4.69) is 11.3 Å². The van der Waals surface area contributed by atoms with E-state index in [-0.39, 0.29) is 12.1 Å². The number of benzene rings is 1. The first-order chi connectivity index (χ1) is 7.61. The maximum atomic E-state index is 11.3. The minimum absolute atomic E-state index is 0.0305. The fourth-order valence-corrected chi connectivity index (χ4v) is 1.75. The van der Waals surface area contributed by atoms with Gasteiger partial charge in [0.15, 0.2) is 0 Å². The van der Waals surface area contributed by atoms with Gasteiger partial charge in [-0.2, -0.15) is 0 Å². The molecule has 1 atom stereocenters. The molecule has 3 nitrogen and oxygen atoms in total. The van der Waals surface area contributed by atoms with Gasteiger partial charge in [-0.1, -0.05) is 12.6 Å². The number of rotatable bonds is 2. The Bertz CT molecular complexity index is 448. The molecule has 0 radical (unpaired) electrons. The van der Waals surface area contributed by atoms with Crippen LogP contribution in [0.15, 0.2) is 30.4 Å². The fraction of sp³-hybridized carbons (Fsp3) is 0.308. The average Bonchev–Trinajstić information content (AvgIpc) is 2.70. The van der Waals surface area contributed by atoms with Crippen LogP contribution in [0, 0.1) is 0 Å². The average molecular weight is 218 g/mol. The highest BCUT2D eigenvalue weighted by molar-refractivity contribution is 5.90. The van der Waals surface area contributed by atoms with E-state index >= 15 is 0 Å². The lowest BCUT2D eigenvalue weighted by Crippen LogP contribution is -2.13. The molecule has 1 heterocycles. The lowest BCUT2D eigenvalue weighted by Gasteiger charge is -2.09. The van der Waals surface area contributed by atoms with Crippen LogP contribution in [0.5, 0.6) is 5.75 Å². The largest absolute Gasteiger partial charge is 0.485 e. The zero-order valence-corrected chi connectivity index (χ0v) is 9.45. The maximum absolute atomic E-state index is 11.3. The van der Waals surface area contributed by atoms with Crippen LogP contribution >= 0.6 is 0 Å². The Kier molecular flexibility index (Phi) is 2.69. The third kappa shape index (κ3) is 1.81. The summed E-state index contributed by atoms with van der Waals surface area (Å²) in [5.41, 5.74) is 2.63. The van der Waals surface area contributed by atoms with E-state index in [4.69, 9.17) is 4.74 Å². The maximum Gasteiger partial charge on any atom is 0.337 e. The molecule has 0 amide bonds. The highest BCUT2D eigenvalue weighted by atomic mass is 16.5. The molecule has 3 heteroatoms. The van der Waals surface area contributed by atoms with Crippen molar-refractivity contribution >= 4 is 5.97 Å². The molecule has 0 N–H and O–H groups in total. The molecule has 0 bridgehead atoms.